The van der Waals surface area contributed by atoms with Gasteiger partial charge in [0.15, 0.2) is 0 Å². The van der Waals surface area contributed by atoms with E-state index < -0.39 is 0 Å². The number of halogens is 1. The topological polar surface area (TPSA) is 0 Å². The Bertz CT molecular complexity index is 22.8. The second-order valence-electron chi connectivity index (χ2n) is 1.02. The Labute approximate surface area is 57.5 Å². The molecule has 0 amide bonds. The van der Waals surface area contributed by atoms with Crippen LogP contribution in [0, 0.1) is 0 Å². The van der Waals surface area contributed by atoms with E-state index in [0.717, 1.165) is 0 Å². The van der Waals surface area contributed by atoms with Crippen molar-refractivity contribution in [1.82, 2.24) is 0 Å². The lowest BCUT2D eigenvalue weighted by Crippen LogP contribution is -1.72. The summed E-state index contributed by atoms with van der Waals surface area (Å²) in [5.74, 6) is 1.32. The summed E-state index contributed by atoms with van der Waals surface area (Å²) in [5, 5.41) is 0. The summed E-state index contributed by atoms with van der Waals surface area (Å²) in [7, 11) is 0. The lowest BCUT2D eigenvalue weighted by Gasteiger charge is -1.84. The van der Waals surface area contributed by atoms with Crippen LogP contribution in [0.1, 0.15) is 13.3 Å². The number of rotatable bonds is 3. The Morgan fingerprint density at radius 2 is 2.50 bits per heavy atom. The smallest absolute Gasteiger partial charge is 0.200 e. The predicted octanol–water partition coefficient (Wildman–Crippen LogP) is 1.83. The second kappa shape index (κ2) is 6.14. The highest BCUT2D eigenvalue weighted by Crippen LogP contribution is 2.01. The molecular formula is C3H8BIS. The van der Waals surface area contributed by atoms with Crippen LogP contribution in [0.15, 0.2) is 0 Å². The minimum Gasteiger partial charge on any atom is -0.200 e. The second-order valence-corrected chi connectivity index (χ2v) is 3.92. The van der Waals surface area contributed by atoms with Gasteiger partial charge < -0.3 is 0 Å². The van der Waals surface area contributed by atoms with E-state index in [2.05, 4.69) is 29.3 Å². The molecule has 0 nitrogen and oxygen atoms in total. The third kappa shape index (κ3) is 5.14. The molecule has 0 fully saturated rings. The fraction of sp³-hybridized carbons (Fsp3) is 1.00. The highest BCUT2D eigenvalue weighted by molar-refractivity contribution is 14.1. The van der Waals surface area contributed by atoms with Crippen molar-refractivity contribution in [1.29, 1.82) is 0 Å². The quantitative estimate of drug-likeness (QED) is 0.392. The van der Waals surface area contributed by atoms with E-state index in [1.54, 1.807) is 0 Å². The Hall–Kier alpha value is 1.14. The van der Waals surface area contributed by atoms with Crippen molar-refractivity contribution in [2.45, 2.75) is 13.3 Å². The highest BCUT2D eigenvalue weighted by atomic mass is 127. The Morgan fingerprint density at radius 3 is 2.67 bits per heavy atom. The molecule has 3 heteroatoms. The minimum atomic E-state index is 1.24. The fourth-order valence-electron chi connectivity index (χ4n) is 0.199. The van der Waals surface area contributed by atoms with Crippen LogP contribution in [0.2, 0.25) is 0 Å². The lowest BCUT2D eigenvalue weighted by atomic mass is 10.6. The fourth-order valence-corrected chi connectivity index (χ4v) is 1.53. The van der Waals surface area contributed by atoms with E-state index in [1.165, 1.54) is 16.6 Å². The molecule has 0 spiro atoms. The van der Waals surface area contributed by atoms with Gasteiger partial charge in [0.2, 0.25) is 0 Å². The van der Waals surface area contributed by atoms with E-state index in [4.69, 9.17) is 0 Å². The zero-order valence-electron chi connectivity index (χ0n) is 3.91. The van der Waals surface area contributed by atoms with E-state index >= 15 is 0 Å². The zero-order valence-corrected chi connectivity index (χ0v) is 6.88. The maximum atomic E-state index is 2.37. The van der Waals surface area contributed by atoms with Gasteiger partial charge >= 0.3 is 0 Å². The van der Waals surface area contributed by atoms with Gasteiger partial charge in [0.1, 0.15) is 0 Å². The molecule has 0 N–H and O–H groups in total. The van der Waals surface area contributed by atoms with Crippen LogP contribution in [0.3, 0.4) is 0 Å². The summed E-state index contributed by atoms with van der Waals surface area (Å²) < 4.78 is 1.24. The maximum absolute atomic E-state index is 2.37. The van der Waals surface area contributed by atoms with E-state index in [-0.39, 0.29) is 0 Å². The number of hydrogen-bond donors (Lipinski definition) is 0. The van der Waals surface area contributed by atoms with Crippen molar-refractivity contribution in [3.05, 3.63) is 0 Å². The van der Waals surface area contributed by atoms with Crippen LogP contribution in [-0.4, -0.2) is 10.2 Å². The molecule has 0 saturated heterocycles. The first kappa shape index (κ1) is 7.14. The summed E-state index contributed by atoms with van der Waals surface area (Å²) in [5.41, 5.74) is 0. The van der Waals surface area contributed by atoms with Crippen molar-refractivity contribution in [3.63, 3.8) is 0 Å². The molecule has 0 aliphatic rings. The van der Waals surface area contributed by atoms with Crippen LogP contribution in [-0.2, 0) is 0 Å². The number of hydrogen-bond acceptors (Lipinski definition) is 1. The van der Waals surface area contributed by atoms with Crippen LogP contribution < -0.4 is 0 Å². The van der Waals surface area contributed by atoms with Crippen molar-refractivity contribution >= 4 is 38.4 Å². The molecule has 0 saturated carbocycles. The first-order chi connectivity index (χ1) is 2.91. The first-order valence-corrected chi connectivity index (χ1v) is 4.73. The molecule has 0 aliphatic carbocycles. The third-order valence-corrected chi connectivity index (χ3v) is 2.60. The standard InChI is InChI=1S/C3H8BIS/c1-2-3-6-4-5/h4H,2-3H2,1H3. The van der Waals surface area contributed by atoms with Crippen LogP contribution in [0.25, 0.3) is 0 Å². The molecule has 0 aromatic heterocycles. The SMILES string of the molecule is CCCSBI. The summed E-state index contributed by atoms with van der Waals surface area (Å²) in [6.07, 6.45) is 1.31. The lowest BCUT2D eigenvalue weighted by molar-refractivity contribution is 1.11. The van der Waals surface area contributed by atoms with E-state index in [9.17, 15) is 0 Å². The summed E-state index contributed by atoms with van der Waals surface area (Å²) in [6.45, 7) is 2.21. The molecule has 0 radical (unpaired) electrons. The van der Waals surface area contributed by atoms with Gasteiger partial charge in [-0.15, -0.1) is 22.4 Å². The van der Waals surface area contributed by atoms with Crippen LogP contribution in [0.4, 0.5) is 0 Å². The summed E-state index contributed by atoms with van der Waals surface area (Å²) in [6, 6.07) is 0. The summed E-state index contributed by atoms with van der Waals surface area (Å²) in [4.78, 5) is 0. The van der Waals surface area contributed by atoms with Gasteiger partial charge in [-0.1, -0.05) is 6.92 Å². The van der Waals surface area contributed by atoms with Gasteiger partial charge in [0, 0.05) is 0 Å². The molecule has 0 rings (SSSR count). The normalized spacial score (nSPS) is 8.33. The molecule has 0 bridgehead atoms. The Balaban J connectivity index is 2.34. The van der Waals surface area contributed by atoms with Gasteiger partial charge in [-0.3, -0.25) is 0 Å². The van der Waals surface area contributed by atoms with Crippen molar-refractivity contribution in [2.24, 2.45) is 0 Å². The average Bonchev–Trinajstić information content (AvgIpc) is 1.61. The molecule has 0 aromatic carbocycles. The largest absolute Gasteiger partial charge is 0.264 e. The van der Waals surface area contributed by atoms with Crippen molar-refractivity contribution < 1.29 is 0 Å². The monoisotopic (exact) mass is 214 g/mol. The third-order valence-electron chi connectivity index (χ3n) is 0.426. The molecule has 0 aromatic rings. The molecule has 36 valence electrons. The van der Waals surface area contributed by atoms with Crippen LogP contribution in [0.5, 0.6) is 0 Å². The molecular weight excluding hydrogens is 206 g/mol. The van der Waals surface area contributed by atoms with Crippen LogP contribution >= 0.6 is 34.0 Å². The minimum absolute atomic E-state index is 1.24. The van der Waals surface area contributed by atoms with Gasteiger partial charge in [-0.05, 0) is 12.2 Å². The van der Waals surface area contributed by atoms with E-state index in [0.29, 0.717) is 0 Å². The Morgan fingerprint density at radius 1 is 1.83 bits per heavy atom. The predicted molar refractivity (Wildman–Crippen MR) is 43.9 cm³/mol. The van der Waals surface area contributed by atoms with Gasteiger partial charge in [0.25, 0.3) is 4.41 Å². The average molecular weight is 214 g/mol. The molecule has 0 atom stereocenters. The molecule has 0 heterocycles. The molecule has 0 aliphatic heterocycles. The van der Waals surface area contributed by atoms with Gasteiger partial charge in [0.05, 0.1) is 0 Å². The molecule has 6 heavy (non-hydrogen) atoms. The van der Waals surface area contributed by atoms with Gasteiger partial charge in [-0.25, -0.2) is 11.6 Å². The van der Waals surface area contributed by atoms with Crippen molar-refractivity contribution in [3.8, 4) is 0 Å². The Kier molecular flexibility index (Phi) is 7.32. The van der Waals surface area contributed by atoms with Crippen molar-refractivity contribution in [2.75, 3.05) is 5.75 Å². The molecule has 0 unspecified atom stereocenters. The highest BCUT2D eigenvalue weighted by Gasteiger charge is 1.78. The first-order valence-electron chi connectivity index (χ1n) is 2.05. The van der Waals surface area contributed by atoms with Gasteiger partial charge in [-0.2, -0.15) is 0 Å². The van der Waals surface area contributed by atoms with E-state index in [1.807, 2.05) is 11.6 Å². The maximum Gasteiger partial charge on any atom is 0.264 e. The zero-order chi connectivity index (χ0) is 4.83. The summed E-state index contributed by atoms with van der Waals surface area (Å²) >= 11 is 4.37.